The van der Waals surface area contributed by atoms with Gasteiger partial charge in [-0.3, -0.25) is 9.59 Å². The second-order valence-corrected chi connectivity index (χ2v) is 5.01. The number of carbonyl (C=O) groups is 2. The Morgan fingerprint density at radius 3 is 2.67 bits per heavy atom. The molecular weight excluding hydrogens is 294 g/mol. The molecule has 1 aromatic rings. The van der Waals surface area contributed by atoms with Gasteiger partial charge in [0.15, 0.2) is 11.9 Å². The predicted molar refractivity (Wildman–Crippen MR) is 81.0 cm³/mol. The van der Waals surface area contributed by atoms with Crippen molar-refractivity contribution in [3.05, 3.63) is 28.8 Å². The van der Waals surface area contributed by atoms with Crippen molar-refractivity contribution in [1.82, 2.24) is 5.32 Å². The highest BCUT2D eigenvalue weighted by atomic mass is 35.5. The van der Waals surface area contributed by atoms with Gasteiger partial charge >= 0.3 is 0 Å². The van der Waals surface area contributed by atoms with E-state index in [2.05, 4.69) is 5.32 Å². The van der Waals surface area contributed by atoms with Gasteiger partial charge in [0.1, 0.15) is 5.75 Å². The summed E-state index contributed by atoms with van der Waals surface area (Å²) in [6.07, 6.45) is 0.0662. The van der Waals surface area contributed by atoms with Gasteiger partial charge in [0, 0.05) is 25.8 Å². The number of carbonyl (C=O) groups excluding carboxylic acids is 2. The van der Waals surface area contributed by atoms with Crippen molar-refractivity contribution in [3.63, 3.8) is 0 Å². The Hall–Kier alpha value is -1.59. The third kappa shape index (κ3) is 5.73. The van der Waals surface area contributed by atoms with E-state index in [1.807, 2.05) is 0 Å². The number of rotatable bonds is 8. The van der Waals surface area contributed by atoms with Crippen molar-refractivity contribution < 1.29 is 19.1 Å². The summed E-state index contributed by atoms with van der Waals surface area (Å²) < 4.78 is 10.4. The largest absolute Gasteiger partial charge is 0.479 e. The lowest BCUT2D eigenvalue weighted by molar-refractivity contribution is -0.127. The molecule has 1 aromatic carbocycles. The van der Waals surface area contributed by atoms with Crippen LogP contribution >= 0.6 is 11.6 Å². The molecule has 0 fully saturated rings. The Morgan fingerprint density at radius 1 is 1.38 bits per heavy atom. The van der Waals surface area contributed by atoms with Crippen LogP contribution < -0.4 is 10.1 Å². The molecule has 0 saturated carbocycles. The van der Waals surface area contributed by atoms with Crippen LogP contribution in [0.15, 0.2) is 18.2 Å². The van der Waals surface area contributed by atoms with Crippen LogP contribution in [0.5, 0.6) is 5.75 Å². The summed E-state index contributed by atoms with van der Waals surface area (Å²) in [4.78, 5) is 23.1. The van der Waals surface area contributed by atoms with Crippen molar-refractivity contribution in [2.75, 3.05) is 20.3 Å². The van der Waals surface area contributed by atoms with Crippen LogP contribution in [-0.2, 0) is 9.53 Å². The molecule has 0 radical (unpaired) electrons. The molecule has 1 N–H and O–H groups in total. The molecule has 5 nitrogen and oxygen atoms in total. The molecule has 21 heavy (non-hydrogen) atoms. The van der Waals surface area contributed by atoms with Gasteiger partial charge in [-0.2, -0.15) is 0 Å². The first-order valence-corrected chi connectivity index (χ1v) is 7.07. The molecule has 116 valence electrons. The maximum atomic E-state index is 11.8. The van der Waals surface area contributed by atoms with Crippen LogP contribution in [0.25, 0.3) is 0 Å². The zero-order valence-electron chi connectivity index (χ0n) is 12.4. The molecule has 0 saturated heterocycles. The molecule has 1 atom stereocenters. The number of amides is 1. The van der Waals surface area contributed by atoms with E-state index in [9.17, 15) is 9.59 Å². The Balaban J connectivity index is 2.56. The average Bonchev–Trinajstić information content (AvgIpc) is 2.45. The maximum Gasteiger partial charge on any atom is 0.260 e. The molecule has 0 aliphatic rings. The number of hydrogen-bond donors (Lipinski definition) is 1. The first kappa shape index (κ1) is 17.5. The summed E-state index contributed by atoms with van der Waals surface area (Å²) >= 11 is 6.04. The predicted octanol–water partition coefficient (Wildman–Crippen LogP) is 2.46. The van der Waals surface area contributed by atoms with E-state index in [0.29, 0.717) is 29.5 Å². The number of ether oxygens (including phenoxy) is 2. The average molecular weight is 314 g/mol. The van der Waals surface area contributed by atoms with Crippen molar-refractivity contribution in [1.29, 1.82) is 0 Å². The third-order valence-electron chi connectivity index (χ3n) is 2.84. The fourth-order valence-electron chi connectivity index (χ4n) is 1.63. The Kier molecular flexibility index (Phi) is 7.19. The van der Waals surface area contributed by atoms with E-state index in [4.69, 9.17) is 21.1 Å². The zero-order chi connectivity index (χ0) is 15.8. The zero-order valence-corrected chi connectivity index (χ0v) is 13.2. The van der Waals surface area contributed by atoms with E-state index in [1.165, 1.54) is 13.0 Å². The van der Waals surface area contributed by atoms with Crippen LogP contribution in [0, 0.1) is 0 Å². The van der Waals surface area contributed by atoms with E-state index < -0.39 is 6.10 Å². The van der Waals surface area contributed by atoms with E-state index in [1.54, 1.807) is 26.2 Å². The van der Waals surface area contributed by atoms with Gasteiger partial charge in [-0.15, -0.1) is 0 Å². The minimum absolute atomic E-state index is 0.0765. The smallest absolute Gasteiger partial charge is 0.260 e. The first-order chi connectivity index (χ1) is 9.95. The molecule has 0 aliphatic heterocycles. The van der Waals surface area contributed by atoms with E-state index in [-0.39, 0.29) is 11.7 Å². The van der Waals surface area contributed by atoms with Crippen LogP contribution in [0.1, 0.15) is 30.6 Å². The fourth-order valence-corrected chi connectivity index (χ4v) is 1.86. The number of methoxy groups -OCH3 is 1. The molecule has 0 aliphatic carbocycles. The van der Waals surface area contributed by atoms with E-state index in [0.717, 1.165) is 6.42 Å². The Labute approximate surface area is 129 Å². The van der Waals surface area contributed by atoms with Crippen molar-refractivity contribution >= 4 is 23.3 Å². The van der Waals surface area contributed by atoms with Gasteiger partial charge in [-0.05, 0) is 38.5 Å². The Morgan fingerprint density at radius 2 is 2.10 bits per heavy atom. The number of Topliss-reactive ketones (excluding diaryl/α,β-unsaturated/α-hetero) is 1. The van der Waals surface area contributed by atoms with Gasteiger partial charge in [0.2, 0.25) is 0 Å². The van der Waals surface area contributed by atoms with Crippen molar-refractivity contribution in [2.24, 2.45) is 0 Å². The summed E-state index contributed by atoms with van der Waals surface area (Å²) in [6.45, 7) is 4.22. The lowest BCUT2D eigenvalue weighted by Crippen LogP contribution is -2.37. The highest BCUT2D eigenvalue weighted by Crippen LogP contribution is 2.26. The summed E-state index contributed by atoms with van der Waals surface area (Å²) in [6, 6.07) is 4.74. The molecule has 0 heterocycles. The van der Waals surface area contributed by atoms with Crippen molar-refractivity contribution in [2.45, 2.75) is 26.4 Å². The van der Waals surface area contributed by atoms with Crippen LogP contribution in [-0.4, -0.2) is 38.1 Å². The summed E-state index contributed by atoms with van der Waals surface area (Å²) in [5.74, 6) is 0.0754. The van der Waals surface area contributed by atoms with Gasteiger partial charge in [-0.25, -0.2) is 0 Å². The van der Waals surface area contributed by atoms with Gasteiger partial charge < -0.3 is 14.8 Å². The lowest BCUT2D eigenvalue weighted by Gasteiger charge is -2.16. The van der Waals surface area contributed by atoms with Crippen molar-refractivity contribution in [3.8, 4) is 5.75 Å². The molecule has 0 spiro atoms. The number of halogens is 1. The first-order valence-electron chi connectivity index (χ1n) is 6.69. The minimum Gasteiger partial charge on any atom is -0.479 e. The highest BCUT2D eigenvalue weighted by Gasteiger charge is 2.16. The van der Waals surface area contributed by atoms with Crippen LogP contribution in [0.3, 0.4) is 0 Å². The molecule has 1 rings (SSSR count). The molecule has 1 amide bonds. The molecular formula is C15H20ClNO4. The normalized spacial score (nSPS) is 11.8. The number of hydrogen-bond acceptors (Lipinski definition) is 4. The molecule has 0 aromatic heterocycles. The van der Waals surface area contributed by atoms with Crippen LogP contribution in [0.2, 0.25) is 5.02 Å². The third-order valence-corrected chi connectivity index (χ3v) is 3.13. The number of ketones is 1. The van der Waals surface area contributed by atoms with Crippen LogP contribution in [0.4, 0.5) is 0 Å². The molecule has 0 bridgehead atoms. The van der Waals surface area contributed by atoms with E-state index >= 15 is 0 Å². The minimum atomic E-state index is -0.673. The second-order valence-electron chi connectivity index (χ2n) is 4.60. The number of nitrogens with one attached hydrogen (secondary N) is 1. The fraction of sp³-hybridized carbons (Fsp3) is 0.467. The Bertz CT molecular complexity index is 504. The quantitative estimate of drug-likeness (QED) is 0.591. The SMILES string of the molecule is COCCCNC(=O)C(C)Oc1ccc(C(C)=O)cc1Cl. The standard InChI is InChI=1S/C15H20ClNO4/c1-10(18)12-5-6-14(13(16)9-12)21-11(2)15(19)17-7-4-8-20-3/h5-6,9,11H,4,7-8H2,1-3H3,(H,17,19). The molecule has 6 heteroatoms. The summed E-state index contributed by atoms with van der Waals surface area (Å²) in [5.41, 5.74) is 0.504. The molecule has 1 unspecified atom stereocenters. The summed E-state index contributed by atoms with van der Waals surface area (Å²) in [7, 11) is 1.61. The maximum absolute atomic E-state index is 11.8. The second kappa shape index (κ2) is 8.64. The van der Waals surface area contributed by atoms with Gasteiger partial charge in [0.05, 0.1) is 5.02 Å². The van der Waals surface area contributed by atoms with Gasteiger partial charge in [0.25, 0.3) is 5.91 Å². The lowest BCUT2D eigenvalue weighted by atomic mass is 10.1. The monoisotopic (exact) mass is 313 g/mol. The topological polar surface area (TPSA) is 64.6 Å². The van der Waals surface area contributed by atoms with Gasteiger partial charge in [-0.1, -0.05) is 11.6 Å². The highest BCUT2D eigenvalue weighted by molar-refractivity contribution is 6.32. The number of benzene rings is 1. The summed E-state index contributed by atoms with van der Waals surface area (Å²) in [5, 5.41) is 3.05.